The molecule has 0 amide bonds. The van der Waals surface area contributed by atoms with Crippen LogP contribution in [0.1, 0.15) is 45.9 Å². The van der Waals surface area contributed by atoms with Crippen LogP contribution in [0.4, 0.5) is 0 Å². The molecule has 0 spiro atoms. The Bertz CT molecular complexity index is 783. The van der Waals surface area contributed by atoms with Gasteiger partial charge in [-0.25, -0.2) is 4.98 Å². The van der Waals surface area contributed by atoms with Crippen molar-refractivity contribution in [3.8, 4) is 0 Å². The minimum absolute atomic E-state index is 0.110. The molecule has 0 saturated carbocycles. The number of allylic oxidation sites excluding steroid dienone is 2. The standard InChI is InChI=1S/C19H25N3O/c1-14(2)8-7-9-15(3)12-13-20-22-16(4)21-18-11-6-5-10-17(18)19(22)23/h5-6,8,10-11,13,15H,7,9,12H2,1-4H3/b20-13-/t15-/m0/s1. The topological polar surface area (TPSA) is 47.2 Å². The van der Waals surface area contributed by atoms with E-state index in [2.05, 4.69) is 36.9 Å². The predicted octanol–water partition coefficient (Wildman–Crippen LogP) is 4.31. The highest BCUT2D eigenvalue weighted by atomic mass is 16.1. The maximum Gasteiger partial charge on any atom is 0.282 e. The Morgan fingerprint density at radius 1 is 1.35 bits per heavy atom. The zero-order valence-corrected chi connectivity index (χ0v) is 14.4. The van der Waals surface area contributed by atoms with E-state index in [4.69, 9.17) is 0 Å². The van der Waals surface area contributed by atoms with Gasteiger partial charge in [0.05, 0.1) is 10.9 Å². The average molecular weight is 311 g/mol. The van der Waals surface area contributed by atoms with Crippen molar-refractivity contribution >= 4 is 17.1 Å². The Morgan fingerprint density at radius 3 is 2.83 bits per heavy atom. The van der Waals surface area contributed by atoms with Crippen molar-refractivity contribution in [2.75, 3.05) is 0 Å². The summed E-state index contributed by atoms with van der Waals surface area (Å²) in [6.45, 7) is 8.25. The van der Waals surface area contributed by atoms with Crippen LogP contribution in [-0.2, 0) is 0 Å². The molecule has 0 aliphatic carbocycles. The number of hydrogen-bond donors (Lipinski definition) is 0. The van der Waals surface area contributed by atoms with Crippen molar-refractivity contribution in [2.24, 2.45) is 11.0 Å². The van der Waals surface area contributed by atoms with Crippen molar-refractivity contribution < 1.29 is 0 Å². The molecular formula is C19H25N3O. The second-order valence-electron chi connectivity index (χ2n) is 6.29. The third-order valence-corrected chi connectivity index (χ3v) is 3.83. The number of benzene rings is 1. The van der Waals surface area contributed by atoms with E-state index in [0.29, 0.717) is 17.1 Å². The van der Waals surface area contributed by atoms with E-state index >= 15 is 0 Å². The lowest BCUT2D eigenvalue weighted by Gasteiger charge is -2.07. The Balaban J connectivity index is 2.09. The maximum absolute atomic E-state index is 12.5. The molecule has 4 nitrogen and oxygen atoms in total. The molecule has 23 heavy (non-hydrogen) atoms. The van der Waals surface area contributed by atoms with Crippen LogP contribution in [0.25, 0.3) is 10.9 Å². The SMILES string of the molecule is CC(C)=CCC[C@H](C)C/C=N\n1c(C)nc2ccccc2c1=O. The van der Waals surface area contributed by atoms with Crippen molar-refractivity contribution in [1.29, 1.82) is 0 Å². The molecule has 122 valence electrons. The highest BCUT2D eigenvalue weighted by Crippen LogP contribution is 2.11. The summed E-state index contributed by atoms with van der Waals surface area (Å²) in [5, 5.41) is 4.94. The predicted molar refractivity (Wildman–Crippen MR) is 97.1 cm³/mol. The summed E-state index contributed by atoms with van der Waals surface area (Å²) in [5.74, 6) is 1.15. The molecule has 1 aromatic carbocycles. The summed E-state index contributed by atoms with van der Waals surface area (Å²) in [5.41, 5.74) is 1.97. The molecule has 0 aliphatic heterocycles. The van der Waals surface area contributed by atoms with Gasteiger partial charge in [-0.3, -0.25) is 4.79 Å². The minimum atomic E-state index is -0.110. The average Bonchev–Trinajstić information content (AvgIpc) is 2.50. The van der Waals surface area contributed by atoms with E-state index < -0.39 is 0 Å². The van der Waals surface area contributed by atoms with Crippen LogP contribution in [0.2, 0.25) is 0 Å². The summed E-state index contributed by atoms with van der Waals surface area (Å²) in [4.78, 5) is 16.9. The van der Waals surface area contributed by atoms with E-state index in [1.54, 1.807) is 6.07 Å². The molecular weight excluding hydrogens is 286 g/mol. The molecule has 0 N–H and O–H groups in total. The zero-order valence-electron chi connectivity index (χ0n) is 14.4. The lowest BCUT2D eigenvalue weighted by molar-refractivity contribution is 0.561. The van der Waals surface area contributed by atoms with E-state index in [-0.39, 0.29) is 5.56 Å². The van der Waals surface area contributed by atoms with E-state index in [0.717, 1.165) is 24.8 Å². The van der Waals surface area contributed by atoms with Gasteiger partial charge in [0.2, 0.25) is 0 Å². The Morgan fingerprint density at radius 2 is 2.09 bits per heavy atom. The van der Waals surface area contributed by atoms with Gasteiger partial charge in [0.25, 0.3) is 5.56 Å². The van der Waals surface area contributed by atoms with Crippen molar-refractivity contribution in [1.82, 2.24) is 9.66 Å². The van der Waals surface area contributed by atoms with Crippen molar-refractivity contribution in [3.05, 3.63) is 52.1 Å². The highest BCUT2D eigenvalue weighted by molar-refractivity contribution is 5.77. The first-order chi connectivity index (χ1) is 11.0. The number of rotatable bonds is 6. The van der Waals surface area contributed by atoms with Crippen molar-refractivity contribution in [3.63, 3.8) is 0 Å². The van der Waals surface area contributed by atoms with Gasteiger partial charge in [-0.1, -0.05) is 30.7 Å². The number of aryl methyl sites for hydroxylation is 1. The minimum Gasteiger partial charge on any atom is -0.267 e. The number of hydrogen-bond acceptors (Lipinski definition) is 3. The van der Waals surface area contributed by atoms with Crippen LogP contribution < -0.4 is 5.56 Å². The van der Waals surface area contributed by atoms with Gasteiger partial charge in [0.1, 0.15) is 5.82 Å². The van der Waals surface area contributed by atoms with Crippen LogP contribution >= 0.6 is 0 Å². The molecule has 1 aromatic heterocycles. The molecule has 2 rings (SSSR count). The molecule has 0 aliphatic rings. The molecule has 0 unspecified atom stereocenters. The van der Waals surface area contributed by atoms with Gasteiger partial charge < -0.3 is 0 Å². The van der Waals surface area contributed by atoms with Crippen LogP contribution in [0, 0.1) is 12.8 Å². The van der Waals surface area contributed by atoms with Gasteiger partial charge in [-0.2, -0.15) is 9.78 Å². The second kappa shape index (κ2) is 7.86. The maximum atomic E-state index is 12.5. The van der Waals surface area contributed by atoms with Gasteiger partial charge in [0.15, 0.2) is 0 Å². The van der Waals surface area contributed by atoms with E-state index in [1.807, 2.05) is 31.3 Å². The summed E-state index contributed by atoms with van der Waals surface area (Å²) >= 11 is 0. The molecule has 2 aromatic rings. The van der Waals surface area contributed by atoms with Gasteiger partial charge in [-0.15, -0.1) is 0 Å². The van der Waals surface area contributed by atoms with Gasteiger partial charge in [-0.05, 0) is 58.1 Å². The molecule has 0 fully saturated rings. The van der Waals surface area contributed by atoms with E-state index in [1.165, 1.54) is 10.2 Å². The molecule has 1 heterocycles. The van der Waals surface area contributed by atoms with Crippen molar-refractivity contribution in [2.45, 2.75) is 47.0 Å². The first-order valence-electron chi connectivity index (χ1n) is 8.13. The normalized spacial score (nSPS) is 12.7. The Hall–Kier alpha value is -2.23. The molecule has 0 radical (unpaired) electrons. The Labute approximate surface area is 137 Å². The third-order valence-electron chi connectivity index (χ3n) is 3.83. The Kier molecular flexibility index (Phi) is 5.85. The number of para-hydroxylation sites is 1. The van der Waals surface area contributed by atoms with Crippen LogP contribution in [0.15, 0.2) is 45.8 Å². The summed E-state index contributed by atoms with van der Waals surface area (Å²) in [7, 11) is 0. The van der Waals surface area contributed by atoms with Crippen LogP contribution in [0.5, 0.6) is 0 Å². The highest BCUT2D eigenvalue weighted by Gasteiger charge is 2.06. The number of fused-ring (bicyclic) bond motifs is 1. The second-order valence-corrected chi connectivity index (χ2v) is 6.29. The van der Waals surface area contributed by atoms with Crippen LogP contribution in [0.3, 0.4) is 0 Å². The lowest BCUT2D eigenvalue weighted by atomic mass is 10.0. The third kappa shape index (κ3) is 4.62. The fourth-order valence-corrected chi connectivity index (χ4v) is 2.45. The largest absolute Gasteiger partial charge is 0.282 e. The molecule has 4 heteroatoms. The number of aromatic nitrogens is 2. The fraction of sp³-hybridized carbons (Fsp3) is 0.421. The summed E-state index contributed by atoms with van der Waals surface area (Å²) in [6, 6.07) is 7.37. The number of nitrogens with zero attached hydrogens (tertiary/aromatic N) is 3. The molecule has 0 saturated heterocycles. The van der Waals surface area contributed by atoms with Gasteiger partial charge >= 0.3 is 0 Å². The van der Waals surface area contributed by atoms with Crippen LogP contribution in [-0.4, -0.2) is 15.9 Å². The first-order valence-corrected chi connectivity index (χ1v) is 8.13. The quantitative estimate of drug-likeness (QED) is 0.589. The monoisotopic (exact) mass is 311 g/mol. The lowest BCUT2D eigenvalue weighted by Crippen LogP contribution is -2.20. The first kappa shape index (κ1) is 17.1. The zero-order chi connectivity index (χ0) is 16.8. The van der Waals surface area contributed by atoms with E-state index in [9.17, 15) is 4.79 Å². The molecule has 1 atom stereocenters. The summed E-state index contributed by atoms with van der Waals surface area (Å²) < 4.78 is 1.39. The van der Waals surface area contributed by atoms with Gasteiger partial charge in [0, 0.05) is 6.21 Å². The summed E-state index contributed by atoms with van der Waals surface area (Å²) in [6.07, 6.45) is 7.16. The fourth-order valence-electron chi connectivity index (χ4n) is 2.45. The molecule has 0 bridgehead atoms. The smallest absolute Gasteiger partial charge is 0.267 e.